The lowest BCUT2D eigenvalue weighted by atomic mass is 10.7. The Bertz CT molecular complexity index is 233. The van der Waals surface area contributed by atoms with E-state index in [4.69, 9.17) is 10.00 Å². The van der Waals surface area contributed by atoms with Crippen molar-refractivity contribution in [2.75, 3.05) is 26.3 Å². The van der Waals surface area contributed by atoms with Gasteiger partial charge in [0.05, 0.1) is 26.3 Å². The van der Waals surface area contributed by atoms with Gasteiger partial charge >= 0.3 is 7.82 Å². The van der Waals surface area contributed by atoms with Gasteiger partial charge in [0.25, 0.3) is 0 Å². The number of phosphoric ester groups is 1. The maximum Gasteiger partial charge on any atom is 0.493 e. The summed E-state index contributed by atoms with van der Waals surface area (Å²) in [4.78, 5) is 12.8. The molecule has 7 nitrogen and oxygen atoms in total. The van der Waals surface area contributed by atoms with Gasteiger partial charge in [-0.1, -0.05) is 0 Å². The number of hydrogen-bond acceptors (Lipinski definition) is 6. The molecule has 0 fully saturated rings. The average molecular weight is 210 g/mol. The second-order valence-corrected chi connectivity index (χ2v) is 3.63. The summed E-state index contributed by atoms with van der Waals surface area (Å²) in [6, 6.07) is 0. The third-order valence-electron chi connectivity index (χ3n) is 1.21. The van der Waals surface area contributed by atoms with Crippen LogP contribution in [0.2, 0.25) is 0 Å². The fourth-order valence-corrected chi connectivity index (χ4v) is 1.49. The molecular weight excluding hydrogens is 199 g/mol. The van der Waals surface area contributed by atoms with E-state index in [-0.39, 0.29) is 13.2 Å². The van der Waals surface area contributed by atoms with Crippen LogP contribution in [0.1, 0.15) is 0 Å². The summed E-state index contributed by atoms with van der Waals surface area (Å²) in [6.07, 6.45) is 1.31. The minimum atomic E-state index is -4.08. The fraction of sp³-hybridized carbons (Fsp3) is 0.800. The average Bonchev–Trinajstić information content (AvgIpc) is 2.52. The van der Waals surface area contributed by atoms with Crippen LogP contribution in [-0.4, -0.2) is 47.7 Å². The molecule has 1 atom stereocenters. The number of aliphatic imine (C=N–C) groups is 1. The highest BCUT2D eigenvalue weighted by molar-refractivity contribution is 7.47. The lowest BCUT2D eigenvalue weighted by Gasteiger charge is -2.16. The molecule has 0 radical (unpaired) electrons. The zero-order valence-electron chi connectivity index (χ0n) is 6.87. The largest absolute Gasteiger partial charge is 0.493 e. The van der Waals surface area contributed by atoms with Crippen molar-refractivity contribution in [3.05, 3.63) is 0 Å². The minimum Gasteiger partial charge on any atom is -0.394 e. The highest BCUT2D eigenvalue weighted by Gasteiger charge is 2.25. The molecule has 0 saturated heterocycles. The van der Waals surface area contributed by atoms with Crippen LogP contribution < -0.4 is 0 Å². The van der Waals surface area contributed by atoms with Gasteiger partial charge < -0.3 is 10.00 Å². The van der Waals surface area contributed by atoms with Crippen LogP contribution in [0.3, 0.4) is 0 Å². The molecule has 2 N–H and O–H groups in total. The third-order valence-corrected chi connectivity index (χ3v) is 2.14. The van der Waals surface area contributed by atoms with E-state index in [1.807, 2.05) is 0 Å². The van der Waals surface area contributed by atoms with Gasteiger partial charge in [0.15, 0.2) is 0 Å². The number of hydroxylamine groups is 2. The van der Waals surface area contributed by atoms with Gasteiger partial charge in [0.2, 0.25) is 0 Å². The number of aliphatic hydroxyl groups excluding tert-OH is 1. The van der Waals surface area contributed by atoms with Gasteiger partial charge in [-0.3, -0.25) is 9.52 Å². The van der Waals surface area contributed by atoms with Gasteiger partial charge in [0.1, 0.15) is 6.34 Å². The summed E-state index contributed by atoms with van der Waals surface area (Å²) < 4.78 is 20.0. The fourth-order valence-electron chi connectivity index (χ4n) is 0.737. The van der Waals surface area contributed by atoms with Crippen LogP contribution in [0, 0.1) is 0 Å². The Hall–Kier alpha value is -0.460. The van der Waals surface area contributed by atoms with Crippen molar-refractivity contribution in [2.45, 2.75) is 0 Å². The summed E-state index contributed by atoms with van der Waals surface area (Å²) >= 11 is 0. The predicted molar refractivity (Wildman–Crippen MR) is 44.0 cm³/mol. The molecule has 0 amide bonds. The van der Waals surface area contributed by atoms with Gasteiger partial charge in [-0.05, 0) is 0 Å². The maximum absolute atomic E-state index is 11.0. The summed E-state index contributed by atoms with van der Waals surface area (Å²) in [7, 11) is -4.08. The van der Waals surface area contributed by atoms with E-state index in [0.717, 1.165) is 5.06 Å². The first kappa shape index (κ1) is 10.6. The zero-order valence-corrected chi connectivity index (χ0v) is 7.76. The van der Waals surface area contributed by atoms with Crippen molar-refractivity contribution in [3.63, 3.8) is 0 Å². The molecule has 0 aromatic rings. The Labute approximate surface area is 75.2 Å². The maximum atomic E-state index is 11.0. The smallest absolute Gasteiger partial charge is 0.394 e. The van der Waals surface area contributed by atoms with Gasteiger partial charge in [-0.15, -0.1) is 0 Å². The molecule has 1 heterocycles. The number of rotatable bonds is 5. The van der Waals surface area contributed by atoms with E-state index in [2.05, 4.69) is 14.1 Å². The number of nitrogens with zero attached hydrogens (tertiary/aromatic N) is 2. The minimum absolute atomic E-state index is 0.237. The van der Waals surface area contributed by atoms with E-state index >= 15 is 0 Å². The number of phosphoric acid groups is 1. The lowest BCUT2D eigenvalue weighted by Crippen LogP contribution is -2.19. The molecule has 1 rings (SSSR count). The molecule has 13 heavy (non-hydrogen) atoms. The van der Waals surface area contributed by atoms with Crippen molar-refractivity contribution in [1.29, 1.82) is 0 Å². The molecule has 1 unspecified atom stereocenters. The molecule has 8 heteroatoms. The van der Waals surface area contributed by atoms with Gasteiger partial charge in [0, 0.05) is 0 Å². The molecule has 0 aromatic carbocycles. The number of hydrogen-bond donors (Lipinski definition) is 2. The van der Waals surface area contributed by atoms with E-state index in [0.29, 0.717) is 13.1 Å². The zero-order chi connectivity index (χ0) is 9.73. The Balaban J connectivity index is 2.32. The van der Waals surface area contributed by atoms with Crippen LogP contribution in [0.25, 0.3) is 0 Å². The van der Waals surface area contributed by atoms with Crippen LogP contribution >= 0.6 is 7.82 Å². The van der Waals surface area contributed by atoms with Crippen molar-refractivity contribution < 1.29 is 23.7 Å². The third kappa shape index (κ3) is 3.84. The number of aliphatic hydroxyl groups is 1. The van der Waals surface area contributed by atoms with Crippen LogP contribution in [0.4, 0.5) is 0 Å². The van der Waals surface area contributed by atoms with Crippen molar-refractivity contribution >= 4 is 14.2 Å². The SMILES string of the molecule is O=P(O)(OCCO)ON1C=NCC1. The van der Waals surface area contributed by atoms with E-state index < -0.39 is 7.82 Å². The molecule has 76 valence electrons. The highest BCUT2D eigenvalue weighted by Crippen LogP contribution is 2.43. The molecule has 1 aliphatic rings. The Morgan fingerprint density at radius 1 is 1.69 bits per heavy atom. The molecule has 0 bridgehead atoms. The molecule has 1 aliphatic heterocycles. The highest BCUT2D eigenvalue weighted by atomic mass is 31.2. The molecule has 0 spiro atoms. The van der Waals surface area contributed by atoms with Crippen LogP contribution in [0.5, 0.6) is 0 Å². The first-order valence-electron chi connectivity index (χ1n) is 3.68. The second-order valence-electron chi connectivity index (χ2n) is 2.27. The summed E-state index contributed by atoms with van der Waals surface area (Å²) in [5.74, 6) is 0. The normalized spacial score (nSPS) is 20.6. The summed E-state index contributed by atoms with van der Waals surface area (Å²) in [6.45, 7) is 0.383. The van der Waals surface area contributed by atoms with E-state index in [1.54, 1.807) is 0 Å². The summed E-state index contributed by atoms with van der Waals surface area (Å²) in [5.41, 5.74) is 0. The Morgan fingerprint density at radius 3 is 3.00 bits per heavy atom. The predicted octanol–water partition coefficient (Wildman–Crippen LogP) is -0.629. The summed E-state index contributed by atoms with van der Waals surface area (Å²) in [5, 5.41) is 9.46. The quantitative estimate of drug-likeness (QED) is 0.587. The molecular formula is C5H11N2O5P. The van der Waals surface area contributed by atoms with Crippen molar-refractivity contribution in [2.24, 2.45) is 4.99 Å². The lowest BCUT2D eigenvalue weighted by molar-refractivity contribution is -0.0126. The molecule has 0 aliphatic carbocycles. The first-order chi connectivity index (χ1) is 6.14. The molecule has 0 saturated carbocycles. The van der Waals surface area contributed by atoms with Crippen LogP contribution in [-0.2, 0) is 13.7 Å². The van der Waals surface area contributed by atoms with Crippen molar-refractivity contribution in [3.8, 4) is 0 Å². The van der Waals surface area contributed by atoms with Gasteiger partial charge in [-0.25, -0.2) is 9.63 Å². The Morgan fingerprint density at radius 2 is 2.46 bits per heavy atom. The first-order valence-corrected chi connectivity index (χ1v) is 5.18. The topological polar surface area (TPSA) is 91.6 Å². The van der Waals surface area contributed by atoms with Crippen LogP contribution in [0.15, 0.2) is 4.99 Å². The Kier molecular flexibility index (Phi) is 3.83. The second kappa shape index (κ2) is 4.69. The van der Waals surface area contributed by atoms with E-state index in [9.17, 15) is 4.57 Å². The van der Waals surface area contributed by atoms with Crippen molar-refractivity contribution in [1.82, 2.24) is 5.06 Å². The van der Waals surface area contributed by atoms with Gasteiger partial charge in [-0.2, -0.15) is 4.62 Å². The monoisotopic (exact) mass is 210 g/mol. The standard InChI is InChI=1S/C5H11N2O5P/c8-3-4-11-13(9,10)12-7-2-1-6-5-7/h5,8H,1-4H2,(H,9,10). The molecule has 0 aromatic heterocycles. The van der Waals surface area contributed by atoms with E-state index in [1.165, 1.54) is 6.34 Å².